The van der Waals surface area contributed by atoms with Crippen LogP contribution in [-0.2, 0) is 0 Å². The van der Waals surface area contributed by atoms with Crippen LogP contribution in [0.5, 0.6) is 0 Å². The summed E-state index contributed by atoms with van der Waals surface area (Å²) in [5.41, 5.74) is 11.1. The van der Waals surface area contributed by atoms with Crippen LogP contribution in [0.3, 0.4) is 0 Å². The number of nitrogens with zero attached hydrogens (tertiary/aromatic N) is 3. The number of pyridine rings is 3. The van der Waals surface area contributed by atoms with Crippen LogP contribution in [0.4, 0.5) is 0 Å². The first kappa shape index (κ1) is 26.2. The quantitative estimate of drug-likeness (QED) is 0.189. The van der Waals surface area contributed by atoms with E-state index >= 15 is 0 Å². The third-order valence-electron chi connectivity index (χ3n) is 9.02. The van der Waals surface area contributed by atoms with Crippen molar-refractivity contribution in [3.8, 4) is 55.9 Å². The monoisotopic (exact) mass is 585 g/mol. The van der Waals surface area contributed by atoms with Gasteiger partial charge in [0.05, 0.1) is 11.4 Å². The third kappa shape index (κ3) is 4.41. The zero-order valence-electron chi connectivity index (χ0n) is 24.9. The van der Waals surface area contributed by atoms with Crippen LogP contribution < -0.4 is 0 Å². The highest BCUT2D eigenvalue weighted by atomic mass is 14.7. The van der Waals surface area contributed by atoms with Crippen molar-refractivity contribution in [2.24, 2.45) is 0 Å². The van der Waals surface area contributed by atoms with E-state index in [0.717, 1.165) is 39.2 Å². The van der Waals surface area contributed by atoms with Gasteiger partial charge in [0.1, 0.15) is 0 Å². The number of aromatic nitrogens is 3. The van der Waals surface area contributed by atoms with E-state index in [2.05, 4.69) is 124 Å². The molecule has 0 unspecified atom stereocenters. The van der Waals surface area contributed by atoms with Gasteiger partial charge in [-0.1, -0.05) is 91.0 Å². The summed E-state index contributed by atoms with van der Waals surface area (Å²) in [5.74, 6) is 0. The summed E-state index contributed by atoms with van der Waals surface area (Å²) in [6.07, 6.45) is 7.46. The van der Waals surface area contributed by atoms with Crippen molar-refractivity contribution in [1.82, 2.24) is 15.0 Å². The zero-order chi connectivity index (χ0) is 30.5. The van der Waals surface area contributed by atoms with Crippen LogP contribution in [0.15, 0.2) is 164 Å². The first-order valence-electron chi connectivity index (χ1n) is 15.5. The van der Waals surface area contributed by atoms with E-state index in [1.165, 1.54) is 49.0 Å². The maximum atomic E-state index is 4.64. The van der Waals surface area contributed by atoms with Crippen LogP contribution >= 0.6 is 0 Å². The second-order valence-electron chi connectivity index (χ2n) is 11.7. The molecule has 3 heteroatoms. The molecule has 3 heterocycles. The van der Waals surface area contributed by atoms with E-state index in [0.29, 0.717) is 0 Å². The van der Waals surface area contributed by atoms with Crippen molar-refractivity contribution in [3.63, 3.8) is 0 Å². The summed E-state index contributed by atoms with van der Waals surface area (Å²) in [6, 6.07) is 49.8. The molecule has 6 aromatic carbocycles. The van der Waals surface area contributed by atoms with Crippen molar-refractivity contribution < 1.29 is 0 Å². The van der Waals surface area contributed by atoms with Gasteiger partial charge in [0.25, 0.3) is 0 Å². The molecule has 0 N–H and O–H groups in total. The third-order valence-corrected chi connectivity index (χ3v) is 9.02. The Morgan fingerprint density at radius 1 is 0.348 bits per heavy atom. The SMILES string of the molecule is c1ccc(-c2cc(-c3ccc(-c4ccc5ccc6c(-c7cccnc7)ccc7ccc4c5c76)cc3)cc(-c3ccccn3)c2)nc1. The van der Waals surface area contributed by atoms with Crippen LogP contribution in [0.1, 0.15) is 0 Å². The highest BCUT2D eigenvalue weighted by molar-refractivity contribution is 6.27. The van der Waals surface area contributed by atoms with Gasteiger partial charge in [0.15, 0.2) is 0 Å². The summed E-state index contributed by atoms with van der Waals surface area (Å²) in [6.45, 7) is 0. The molecule has 9 rings (SSSR count). The number of benzene rings is 6. The van der Waals surface area contributed by atoms with Crippen molar-refractivity contribution in [2.45, 2.75) is 0 Å². The van der Waals surface area contributed by atoms with Gasteiger partial charge in [-0.3, -0.25) is 15.0 Å². The average Bonchev–Trinajstić information content (AvgIpc) is 3.14. The predicted octanol–water partition coefficient (Wildman–Crippen LogP) is 11.1. The molecule has 0 aliphatic carbocycles. The summed E-state index contributed by atoms with van der Waals surface area (Å²) in [5, 5.41) is 7.65. The molecule has 0 bridgehead atoms. The fraction of sp³-hybridized carbons (Fsp3) is 0. The molecule has 0 radical (unpaired) electrons. The highest BCUT2D eigenvalue weighted by Gasteiger charge is 2.15. The maximum absolute atomic E-state index is 4.64. The minimum absolute atomic E-state index is 0.943. The van der Waals surface area contributed by atoms with Crippen molar-refractivity contribution in [2.75, 3.05) is 0 Å². The van der Waals surface area contributed by atoms with Crippen LogP contribution in [0, 0.1) is 0 Å². The van der Waals surface area contributed by atoms with E-state index in [4.69, 9.17) is 0 Å². The summed E-state index contributed by atoms with van der Waals surface area (Å²) >= 11 is 0. The molecule has 0 fully saturated rings. The topological polar surface area (TPSA) is 38.7 Å². The lowest BCUT2D eigenvalue weighted by Crippen LogP contribution is -1.90. The Morgan fingerprint density at radius 2 is 0.891 bits per heavy atom. The fourth-order valence-corrected chi connectivity index (χ4v) is 6.83. The molecule has 0 saturated carbocycles. The molecule has 0 amide bonds. The van der Waals surface area contributed by atoms with Gasteiger partial charge in [-0.25, -0.2) is 0 Å². The Bertz CT molecular complexity index is 2430. The Kier molecular flexibility index (Phi) is 6.14. The molecule has 3 aromatic heterocycles. The van der Waals surface area contributed by atoms with Crippen LogP contribution in [-0.4, -0.2) is 15.0 Å². The molecular formula is C43H27N3. The van der Waals surface area contributed by atoms with Crippen molar-refractivity contribution in [1.29, 1.82) is 0 Å². The van der Waals surface area contributed by atoms with Gasteiger partial charge in [0, 0.05) is 41.5 Å². The minimum Gasteiger partial charge on any atom is -0.264 e. The van der Waals surface area contributed by atoms with E-state index in [9.17, 15) is 0 Å². The zero-order valence-corrected chi connectivity index (χ0v) is 24.9. The summed E-state index contributed by atoms with van der Waals surface area (Å²) < 4.78 is 0. The predicted molar refractivity (Wildman–Crippen MR) is 191 cm³/mol. The number of rotatable bonds is 5. The largest absolute Gasteiger partial charge is 0.264 e. The molecule has 3 nitrogen and oxygen atoms in total. The van der Waals surface area contributed by atoms with Gasteiger partial charge in [-0.2, -0.15) is 0 Å². The van der Waals surface area contributed by atoms with Gasteiger partial charge in [-0.05, 0) is 109 Å². The van der Waals surface area contributed by atoms with Gasteiger partial charge >= 0.3 is 0 Å². The smallest absolute Gasteiger partial charge is 0.0702 e. The molecule has 0 atom stereocenters. The Hall–Kier alpha value is -6.19. The molecular weight excluding hydrogens is 558 g/mol. The molecule has 46 heavy (non-hydrogen) atoms. The van der Waals surface area contributed by atoms with Gasteiger partial charge < -0.3 is 0 Å². The first-order chi connectivity index (χ1) is 22.8. The number of hydrogen-bond donors (Lipinski definition) is 0. The summed E-state index contributed by atoms with van der Waals surface area (Å²) in [4.78, 5) is 13.7. The standard InChI is InChI=1S/C43H27N3/c1-3-22-45-40(7-1)34-24-33(25-35(26-34)41-8-2-4-23-46-41)28-9-11-29(12-10-28)36-17-13-30-16-20-39-37(32-6-5-21-44-27-32)18-14-31-15-19-38(36)42(30)43(31)39/h1-27H. The van der Waals surface area contributed by atoms with Gasteiger partial charge in [-0.15, -0.1) is 0 Å². The number of hydrogen-bond acceptors (Lipinski definition) is 3. The van der Waals surface area contributed by atoms with E-state index in [1.807, 2.05) is 55.1 Å². The summed E-state index contributed by atoms with van der Waals surface area (Å²) in [7, 11) is 0. The Morgan fingerprint density at radius 3 is 1.43 bits per heavy atom. The molecule has 0 saturated heterocycles. The lowest BCUT2D eigenvalue weighted by Gasteiger charge is -2.16. The molecule has 0 aliphatic heterocycles. The highest BCUT2D eigenvalue weighted by Crippen LogP contribution is 2.42. The van der Waals surface area contributed by atoms with Crippen LogP contribution in [0.2, 0.25) is 0 Å². The van der Waals surface area contributed by atoms with E-state index in [-0.39, 0.29) is 0 Å². The van der Waals surface area contributed by atoms with Crippen molar-refractivity contribution >= 4 is 32.3 Å². The average molecular weight is 586 g/mol. The Labute approximate surface area is 266 Å². The normalized spacial score (nSPS) is 11.5. The lowest BCUT2D eigenvalue weighted by atomic mass is 9.87. The van der Waals surface area contributed by atoms with Crippen LogP contribution in [0.25, 0.3) is 88.2 Å². The second-order valence-corrected chi connectivity index (χ2v) is 11.7. The molecule has 9 aromatic rings. The van der Waals surface area contributed by atoms with E-state index in [1.54, 1.807) is 0 Å². The Balaban J connectivity index is 1.17. The minimum atomic E-state index is 0.943. The van der Waals surface area contributed by atoms with Crippen molar-refractivity contribution in [3.05, 3.63) is 164 Å². The molecule has 0 aliphatic rings. The lowest BCUT2D eigenvalue weighted by molar-refractivity contribution is 1.31. The second kappa shape index (κ2) is 10.8. The van der Waals surface area contributed by atoms with Gasteiger partial charge in [0.2, 0.25) is 0 Å². The first-order valence-corrected chi connectivity index (χ1v) is 15.5. The fourth-order valence-electron chi connectivity index (χ4n) is 6.83. The molecule has 214 valence electrons. The van der Waals surface area contributed by atoms with E-state index < -0.39 is 0 Å². The maximum Gasteiger partial charge on any atom is 0.0702 e. The molecule has 0 spiro atoms.